The van der Waals surface area contributed by atoms with Crippen LogP contribution in [0.5, 0.6) is 0 Å². The molecule has 2 rings (SSSR count). The van der Waals surface area contributed by atoms with E-state index >= 15 is 0 Å². The number of aliphatic hydroxyl groups is 1. The first kappa shape index (κ1) is 20.4. The molecule has 0 saturated carbocycles. The number of anilines is 1. The van der Waals surface area contributed by atoms with Gasteiger partial charge in [0.2, 0.25) is 0 Å². The number of nitrogens with zero attached hydrogens (tertiary/aromatic N) is 2. The van der Waals surface area contributed by atoms with Crippen LogP contribution in [0.3, 0.4) is 0 Å². The second-order valence-corrected chi connectivity index (χ2v) is 8.63. The highest BCUT2D eigenvalue weighted by Gasteiger charge is 2.26. The molecule has 1 heterocycles. The van der Waals surface area contributed by atoms with Gasteiger partial charge in [-0.3, -0.25) is 4.72 Å². The third-order valence-electron chi connectivity index (χ3n) is 3.59. The van der Waals surface area contributed by atoms with Gasteiger partial charge >= 0.3 is 6.09 Å². The molecule has 0 atom stereocenters. The highest BCUT2D eigenvalue weighted by Crippen LogP contribution is 2.32. The number of rotatable bonds is 5. The Bertz CT molecular complexity index is 587. The quantitative estimate of drug-likeness (QED) is 0.551. The second kappa shape index (κ2) is 9.12. The van der Waals surface area contributed by atoms with Crippen LogP contribution >= 0.6 is 27.9 Å². The van der Waals surface area contributed by atoms with Crippen LogP contribution in [-0.4, -0.2) is 61.0 Å². The molecule has 25 heavy (non-hydrogen) atoms. The van der Waals surface area contributed by atoms with Crippen LogP contribution < -0.4 is 9.62 Å². The van der Waals surface area contributed by atoms with E-state index in [2.05, 4.69) is 37.7 Å². The van der Waals surface area contributed by atoms with Gasteiger partial charge in [0, 0.05) is 42.1 Å². The predicted octanol–water partition coefficient (Wildman–Crippen LogP) is 3.10. The molecule has 0 radical (unpaired) electrons. The molecule has 0 spiro atoms. The molecule has 6 nitrogen and oxygen atoms in total. The summed E-state index contributed by atoms with van der Waals surface area (Å²) in [6.45, 7) is 9.06. The van der Waals surface area contributed by atoms with Crippen LogP contribution in [0.4, 0.5) is 10.5 Å². The summed E-state index contributed by atoms with van der Waals surface area (Å²) in [6, 6.07) is 6.14. The maximum Gasteiger partial charge on any atom is 0.410 e. The highest BCUT2D eigenvalue weighted by atomic mass is 79.9. The number of carbonyl (C=O) groups is 1. The molecule has 1 aromatic rings. The van der Waals surface area contributed by atoms with Crippen LogP contribution in [0.25, 0.3) is 0 Å². The Morgan fingerprint density at radius 1 is 1.32 bits per heavy atom. The van der Waals surface area contributed by atoms with Crippen molar-refractivity contribution >= 4 is 39.7 Å². The number of carbonyl (C=O) groups excluding carboxylic acids is 1. The third-order valence-corrected chi connectivity index (χ3v) is 5.00. The predicted molar refractivity (Wildman–Crippen MR) is 105 cm³/mol. The topological polar surface area (TPSA) is 65.0 Å². The second-order valence-electron chi connectivity index (χ2n) is 6.79. The molecule has 0 bridgehead atoms. The van der Waals surface area contributed by atoms with Gasteiger partial charge in [-0.15, -0.1) is 0 Å². The number of nitrogens with one attached hydrogen (secondary N) is 1. The van der Waals surface area contributed by atoms with Gasteiger partial charge in [-0.1, -0.05) is 15.9 Å². The molecule has 1 amide bonds. The normalized spacial score (nSPS) is 15.4. The van der Waals surface area contributed by atoms with Gasteiger partial charge in [0.15, 0.2) is 0 Å². The minimum absolute atomic E-state index is 0.105. The molecule has 0 aromatic heterocycles. The zero-order chi connectivity index (χ0) is 18.4. The van der Waals surface area contributed by atoms with Gasteiger partial charge in [-0.2, -0.15) is 0 Å². The fourth-order valence-electron chi connectivity index (χ4n) is 2.45. The molecule has 1 aliphatic rings. The lowest BCUT2D eigenvalue weighted by atomic mass is 10.2. The summed E-state index contributed by atoms with van der Waals surface area (Å²) in [6.07, 6.45) is -0.249. The van der Waals surface area contributed by atoms with Gasteiger partial charge in [-0.25, -0.2) is 4.79 Å². The number of hydrogen-bond acceptors (Lipinski definition) is 6. The summed E-state index contributed by atoms with van der Waals surface area (Å²) >= 11 is 5.04. The first-order valence-electron chi connectivity index (χ1n) is 8.33. The van der Waals surface area contributed by atoms with E-state index in [0.29, 0.717) is 19.6 Å². The van der Waals surface area contributed by atoms with Crippen molar-refractivity contribution in [3.05, 3.63) is 22.7 Å². The summed E-state index contributed by atoms with van der Waals surface area (Å²) in [5.41, 5.74) is 0.648. The van der Waals surface area contributed by atoms with Crippen LogP contribution in [0, 0.1) is 0 Å². The van der Waals surface area contributed by atoms with E-state index in [0.717, 1.165) is 28.1 Å². The van der Waals surface area contributed by atoms with Gasteiger partial charge < -0.3 is 19.6 Å². The van der Waals surface area contributed by atoms with Crippen LogP contribution in [-0.2, 0) is 4.74 Å². The van der Waals surface area contributed by atoms with Crippen LogP contribution in [0.15, 0.2) is 27.6 Å². The molecule has 1 aromatic carbocycles. The van der Waals surface area contributed by atoms with Crippen molar-refractivity contribution in [1.29, 1.82) is 0 Å². The van der Waals surface area contributed by atoms with Crippen molar-refractivity contribution in [3.8, 4) is 0 Å². The smallest absolute Gasteiger partial charge is 0.410 e. The molecule has 1 fully saturated rings. The van der Waals surface area contributed by atoms with Crippen molar-refractivity contribution in [2.24, 2.45) is 0 Å². The molecule has 1 aliphatic heterocycles. The number of aliphatic hydroxyl groups excluding tert-OH is 1. The maximum absolute atomic E-state index is 12.2. The largest absolute Gasteiger partial charge is 0.444 e. The number of amides is 1. The summed E-state index contributed by atoms with van der Waals surface area (Å²) in [7, 11) is 0. The van der Waals surface area contributed by atoms with Gasteiger partial charge in [0.05, 0.1) is 12.3 Å². The number of ether oxygens (including phenoxy) is 1. The van der Waals surface area contributed by atoms with Crippen LogP contribution in [0.1, 0.15) is 20.8 Å². The Kier molecular flexibility index (Phi) is 7.42. The Hall–Kier alpha value is -0.960. The monoisotopic (exact) mass is 431 g/mol. The van der Waals surface area contributed by atoms with Crippen molar-refractivity contribution in [2.45, 2.75) is 31.3 Å². The summed E-state index contributed by atoms with van der Waals surface area (Å²) in [5, 5.41) is 8.93. The van der Waals surface area contributed by atoms with E-state index in [-0.39, 0.29) is 12.7 Å². The molecule has 0 unspecified atom stereocenters. The molecule has 1 saturated heterocycles. The molecule has 140 valence electrons. The summed E-state index contributed by atoms with van der Waals surface area (Å²) in [4.78, 5) is 17.3. The number of hydrogen-bond donors (Lipinski definition) is 2. The molecule has 0 aliphatic carbocycles. The summed E-state index contributed by atoms with van der Waals surface area (Å²) < 4.78 is 9.61. The van der Waals surface area contributed by atoms with E-state index in [4.69, 9.17) is 9.84 Å². The van der Waals surface area contributed by atoms with Crippen molar-refractivity contribution in [1.82, 2.24) is 9.62 Å². The SMILES string of the molecule is CC(C)(C)OC(=O)N1CCN(c2cc(Br)ccc2SNCCO)CC1. The first-order valence-corrected chi connectivity index (χ1v) is 9.94. The Balaban J connectivity index is 2.00. The minimum atomic E-state index is -0.472. The third kappa shape index (κ3) is 6.36. The average molecular weight is 432 g/mol. The fraction of sp³-hybridized carbons (Fsp3) is 0.588. The summed E-state index contributed by atoms with van der Waals surface area (Å²) in [5.74, 6) is 0. The Morgan fingerprint density at radius 2 is 2.00 bits per heavy atom. The molecule has 2 N–H and O–H groups in total. The van der Waals surface area contributed by atoms with E-state index in [1.165, 1.54) is 11.9 Å². The van der Waals surface area contributed by atoms with Crippen molar-refractivity contribution in [2.75, 3.05) is 44.2 Å². The fourth-order valence-corrected chi connectivity index (χ4v) is 3.58. The van der Waals surface area contributed by atoms with Crippen molar-refractivity contribution in [3.63, 3.8) is 0 Å². The standard InChI is InChI=1S/C17H26BrN3O3S/c1-17(2,3)24-16(23)21-9-7-20(8-10-21)14-12-13(18)4-5-15(14)25-19-6-11-22/h4-5,12,19,22H,6-11H2,1-3H3. The van der Waals surface area contributed by atoms with E-state index in [1.54, 1.807) is 4.90 Å². The number of halogens is 1. The minimum Gasteiger partial charge on any atom is -0.444 e. The maximum atomic E-state index is 12.2. The lowest BCUT2D eigenvalue weighted by Crippen LogP contribution is -2.50. The van der Waals surface area contributed by atoms with Crippen LogP contribution in [0.2, 0.25) is 0 Å². The number of benzene rings is 1. The van der Waals surface area contributed by atoms with E-state index < -0.39 is 5.60 Å². The lowest BCUT2D eigenvalue weighted by Gasteiger charge is -2.37. The Morgan fingerprint density at radius 3 is 2.60 bits per heavy atom. The average Bonchev–Trinajstić information content (AvgIpc) is 2.55. The zero-order valence-electron chi connectivity index (χ0n) is 14.9. The van der Waals surface area contributed by atoms with E-state index in [9.17, 15) is 4.79 Å². The van der Waals surface area contributed by atoms with Crippen molar-refractivity contribution < 1.29 is 14.6 Å². The van der Waals surface area contributed by atoms with Gasteiger partial charge in [-0.05, 0) is 50.9 Å². The lowest BCUT2D eigenvalue weighted by molar-refractivity contribution is 0.0240. The van der Waals surface area contributed by atoms with E-state index in [1.807, 2.05) is 26.8 Å². The molecule has 8 heteroatoms. The molecular weight excluding hydrogens is 406 g/mol. The van der Waals surface area contributed by atoms with Gasteiger partial charge in [0.25, 0.3) is 0 Å². The first-order chi connectivity index (χ1) is 11.8. The Labute approximate surface area is 162 Å². The highest BCUT2D eigenvalue weighted by molar-refractivity contribution is 9.10. The zero-order valence-corrected chi connectivity index (χ0v) is 17.3. The van der Waals surface area contributed by atoms with Gasteiger partial charge in [0.1, 0.15) is 5.60 Å². The number of piperazine rings is 1. The molecular formula is C17H26BrN3O3S.